The van der Waals surface area contributed by atoms with Crippen LogP contribution in [0.2, 0.25) is 0 Å². The maximum absolute atomic E-state index is 11.9. The number of aliphatic hydroxyl groups excluding tert-OH is 1. The van der Waals surface area contributed by atoms with E-state index in [1.165, 1.54) is 25.1 Å². The van der Waals surface area contributed by atoms with Crippen LogP contribution in [0.25, 0.3) is 0 Å². The molecule has 1 amide bonds. The number of aliphatic hydroxyl groups is 1. The Morgan fingerprint density at radius 2 is 2.00 bits per heavy atom. The summed E-state index contributed by atoms with van der Waals surface area (Å²) in [7, 11) is 0. The van der Waals surface area contributed by atoms with Gasteiger partial charge in [0, 0.05) is 6.07 Å². The summed E-state index contributed by atoms with van der Waals surface area (Å²) >= 11 is 0. The number of nitro benzene ring substituents is 1. The highest BCUT2D eigenvalue weighted by Crippen LogP contribution is 2.29. The van der Waals surface area contributed by atoms with Crippen molar-refractivity contribution in [3.63, 3.8) is 0 Å². The summed E-state index contributed by atoms with van der Waals surface area (Å²) in [6.07, 6.45) is -0.804. The Balaban J connectivity index is 2.53. The van der Waals surface area contributed by atoms with Gasteiger partial charge < -0.3 is 24.6 Å². The molecule has 160 valence electrons. The van der Waals surface area contributed by atoms with E-state index in [2.05, 4.69) is 11.9 Å². The molecule has 0 fully saturated rings. The van der Waals surface area contributed by atoms with E-state index in [0.717, 1.165) is 6.08 Å². The monoisotopic (exact) mass is 410 g/mol. The van der Waals surface area contributed by atoms with Crippen LogP contribution in [-0.4, -0.2) is 46.9 Å². The van der Waals surface area contributed by atoms with Crippen molar-refractivity contribution >= 4 is 17.7 Å². The molecule has 1 rings (SSSR count). The number of benzene rings is 1. The van der Waals surface area contributed by atoms with E-state index in [1.54, 1.807) is 20.8 Å². The van der Waals surface area contributed by atoms with Crippen LogP contribution in [-0.2, 0) is 14.3 Å². The Morgan fingerprint density at radius 1 is 1.34 bits per heavy atom. The topological polar surface area (TPSA) is 137 Å². The molecule has 1 aromatic rings. The summed E-state index contributed by atoms with van der Waals surface area (Å²) in [4.78, 5) is 33.9. The molecular weight excluding hydrogens is 384 g/mol. The molecule has 29 heavy (non-hydrogen) atoms. The van der Waals surface area contributed by atoms with Crippen LogP contribution in [0.1, 0.15) is 39.4 Å². The molecule has 1 aromatic carbocycles. The second-order valence-corrected chi connectivity index (χ2v) is 7.04. The normalized spacial score (nSPS) is 13.0. The number of nitro groups is 1. The number of hydrogen-bond acceptors (Lipinski definition) is 8. The van der Waals surface area contributed by atoms with Gasteiger partial charge in [-0.2, -0.15) is 0 Å². The van der Waals surface area contributed by atoms with Crippen LogP contribution < -0.4 is 10.1 Å². The van der Waals surface area contributed by atoms with Crippen molar-refractivity contribution in [2.75, 3.05) is 13.2 Å². The Kier molecular flexibility index (Phi) is 8.58. The average molecular weight is 410 g/mol. The van der Waals surface area contributed by atoms with Crippen molar-refractivity contribution in [3.8, 4) is 5.75 Å². The van der Waals surface area contributed by atoms with Gasteiger partial charge in [-0.25, -0.2) is 9.59 Å². The molecule has 0 bridgehead atoms. The number of ether oxygens (including phenoxy) is 3. The fourth-order valence-electron chi connectivity index (χ4n) is 2.12. The Bertz CT molecular complexity index is 757. The standard InChI is InChI=1S/C19H26N2O8/c1-6-16(22)14-11-13(7-8-15(14)21(25)26)27-9-10-28-17(23)12(2)20-18(24)29-19(3,4)5/h6-8,11-12,16,22H,1,9-10H2,2-5H3,(H,20,24)/t12-,16?/m0/s1. The van der Waals surface area contributed by atoms with Gasteiger partial charge in [-0.3, -0.25) is 10.1 Å². The fourth-order valence-corrected chi connectivity index (χ4v) is 2.12. The SMILES string of the molecule is C=CC(O)c1cc(OCCOC(=O)[C@H](C)NC(=O)OC(C)(C)C)ccc1[N+](=O)[O-]. The number of rotatable bonds is 9. The smallest absolute Gasteiger partial charge is 0.408 e. The molecule has 2 N–H and O–H groups in total. The lowest BCUT2D eigenvalue weighted by Crippen LogP contribution is -2.42. The summed E-state index contributed by atoms with van der Waals surface area (Å²) in [5, 5.41) is 23.2. The molecule has 0 aliphatic heterocycles. The van der Waals surface area contributed by atoms with Crippen LogP contribution in [0.4, 0.5) is 10.5 Å². The fraction of sp³-hybridized carbons (Fsp3) is 0.474. The number of nitrogens with one attached hydrogen (secondary N) is 1. The summed E-state index contributed by atoms with van der Waals surface area (Å²) in [6.45, 7) is 9.81. The summed E-state index contributed by atoms with van der Waals surface area (Å²) in [5.41, 5.74) is -0.919. The first-order chi connectivity index (χ1) is 13.4. The maximum atomic E-state index is 11.9. The van der Waals surface area contributed by atoms with E-state index in [1.807, 2.05) is 0 Å². The summed E-state index contributed by atoms with van der Waals surface area (Å²) in [6, 6.07) is 2.97. The molecule has 0 spiro atoms. The zero-order chi connectivity index (χ0) is 22.2. The molecule has 0 saturated carbocycles. The predicted octanol–water partition coefficient (Wildman–Crippen LogP) is 2.65. The molecule has 0 aliphatic rings. The highest BCUT2D eigenvalue weighted by atomic mass is 16.6. The third-order valence-electron chi connectivity index (χ3n) is 3.42. The lowest BCUT2D eigenvalue weighted by atomic mass is 10.1. The van der Waals surface area contributed by atoms with E-state index in [-0.39, 0.29) is 30.2 Å². The first kappa shape index (κ1) is 23.9. The zero-order valence-corrected chi connectivity index (χ0v) is 16.8. The number of hydrogen-bond donors (Lipinski definition) is 2. The highest BCUT2D eigenvalue weighted by Gasteiger charge is 2.22. The van der Waals surface area contributed by atoms with E-state index in [0.29, 0.717) is 0 Å². The van der Waals surface area contributed by atoms with Gasteiger partial charge in [-0.15, -0.1) is 6.58 Å². The molecular formula is C19H26N2O8. The molecule has 0 heterocycles. The quantitative estimate of drug-likeness (QED) is 0.208. The number of alkyl carbamates (subject to hydrolysis) is 1. The van der Waals surface area contributed by atoms with Gasteiger partial charge >= 0.3 is 12.1 Å². The lowest BCUT2D eigenvalue weighted by molar-refractivity contribution is -0.386. The van der Waals surface area contributed by atoms with Gasteiger partial charge in [0.05, 0.1) is 10.5 Å². The maximum Gasteiger partial charge on any atom is 0.408 e. The Labute approximate surface area is 168 Å². The number of nitrogens with zero attached hydrogens (tertiary/aromatic N) is 1. The zero-order valence-electron chi connectivity index (χ0n) is 16.8. The average Bonchev–Trinajstić information content (AvgIpc) is 2.62. The van der Waals surface area contributed by atoms with Crippen LogP contribution in [0.15, 0.2) is 30.9 Å². The van der Waals surface area contributed by atoms with E-state index < -0.39 is 34.7 Å². The second-order valence-electron chi connectivity index (χ2n) is 7.04. The van der Waals surface area contributed by atoms with Gasteiger partial charge in [0.1, 0.15) is 36.7 Å². The molecule has 0 aromatic heterocycles. The van der Waals surface area contributed by atoms with Crippen molar-refractivity contribution in [2.45, 2.75) is 45.4 Å². The van der Waals surface area contributed by atoms with Crippen molar-refractivity contribution in [3.05, 3.63) is 46.5 Å². The Morgan fingerprint density at radius 3 is 2.55 bits per heavy atom. The highest BCUT2D eigenvalue weighted by molar-refractivity contribution is 5.81. The molecule has 0 saturated heterocycles. The van der Waals surface area contributed by atoms with Crippen LogP contribution in [0.3, 0.4) is 0 Å². The minimum absolute atomic E-state index is 0.0354. The van der Waals surface area contributed by atoms with E-state index in [4.69, 9.17) is 14.2 Å². The number of amides is 1. The minimum Gasteiger partial charge on any atom is -0.490 e. The predicted molar refractivity (Wildman–Crippen MR) is 104 cm³/mol. The lowest BCUT2D eigenvalue weighted by Gasteiger charge is -2.21. The van der Waals surface area contributed by atoms with Crippen molar-refractivity contribution in [2.24, 2.45) is 0 Å². The van der Waals surface area contributed by atoms with E-state index in [9.17, 15) is 24.8 Å². The van der Waals surface area contributed by atoms with Gasteiger partial charge in [0.15, 0.2) is 0 Å². The van der Waals surface area contributed by atoms with Crippen molar-refractivity contribution < 1.29 is 33.8 Å². The number of carbonyl (C=O) groups is 2. The first-order valence-corrected chi connectivity index (χ1v) is 8.82. The summed E-state index contributed by atoms with van der Waals surface area (Å²) in [5.74, 6) is -0.423. The molecule has 1 unspecified atom stereocenters. The van der Waals surface area contributed by atoms with Crippen molar-refractivity contribution in [1.82, 2.24) is 5.32 Å². The summed E-state index contributed by atoms with van der Waals surface area (Å²) < 4.78 is 15.5. The third-order valence-corrected chi connectivity index (χ3v) is 3.42. The molecule has 2 atom stereocenters. The van der Waals surface area contributed by atoms with Crippen LogP contribution >= 0.6 is 0 Å². The van der Waals surface area contributed by atoms with E-state index >= 15 is 0 Å². The Hall–Kier alpha value is -3.14. The first-order valence-electron chi connectivity index (χ1n) is 8.82. The largest absolute Gasteiger partial charge is 0.490 e. The number of carbonyl (C=O) groups excluding carboxylic acids is 2. The van der Waals surface area contributed by atoms with Gasteiger partial charge in [0.25, 0.3) is 5.69 Å². The molecule has 10 heteroatoms. The minimum atomic E-state index is -1.23. The van der Waals surface area contributed by atoms with Crippen LogP contribution in [0.5, 0.6) is 5.75 Å². The van der Waals surface area contributed by atoms with Gasteiger partial charge in [-0.05, 0) is 39.8 Å². The van der Waals surface area contributed by atoms with Crippen molar-refractivity contribution in [1.29, 1.82) is 0 Å². The number of esters is 1. The van der Waals surface area contributed by atoms with Crippen LogP contribution in [0, 0.1) is 10.1 Å². The third kappa shape index (κ3) is 8.18. The molecule has 0 aliphatic carbocycles. The van der Waals surface area contributed by atoms with Gasteiger partial charge in [0.2, 0.25) is 0 Å². The van der Waals surface area contributed by atoms with Gasteiger partial charge in [-0.1, -0.05) is 6.08 Å². The molecule has 0 radical (unpaired) electrons. The molecule has 10 nitrogen and oxygen atoms in total. The second kappa shape index (κ2) is 10.4.